The van der Waals surface area contributed by atoms with E-state index in [1.165, 1.54) is 0 Å². The van der Waals surface area contributed by atoms with E-state index >= 15 is 0 Å². The van der Waals surface area contributed by atoms with Crippen molar-refractivity contribution in [1.29, 1.82) is 0 Å². The molecule has 76 valence electrons. The van der Waals surface area contributed by atoms with Crippen LogP contribution in [0.15, 0.2) is 24.5 Å². The summed E-state index contributed by atoms with van der Waals surface area (Å²) >= 11 is 0. The molecule has 1 heterocycles. The number of pyridine rings is 1. The molecule has 0 aliphatic rings. The summed E-state index contributed by atoms with van der Waals surface area (Å²) in [4.78, 5) is 15.6. The standard InChI is InChI=1S/C12H17NO/c1-3-10(2)6-7-12(14)11-5-4-8-13-9-11/h4-5,8-10H,3,6-7H2,1-2H3. The van der Waals surface area contributed by atoms with Gasteiger partial charge in [-0.2, -0.15) is 0 Å². The van der Waals surface area contributed by atoms with E-state index in [-0.39, 0.29) is 5.78 Å². The number of ketones is 1. The third kappa shape index (κ3) is 3.29. The molecule has 0 aromatic carbocycles. The second kappa shape index (κ2) is 5.53. The molecule has 1 aromatic heterocycles. The Bertz CT molecular complexity index is 282. The minimum absolute atomic E-state index is 0.207. The molecule has 2 nitrogen and oxygen atoms in total. The summed E-state index contributed by atoms with van der Waals surface area (Å²) in [6.07, 6.45) is 6.08. The van der Waals surface area contributed by atoms with Crippen molar-refractivity contribution in [3.05, 3.63) is 30.1 Å². The first kappa shape index (κ1) is 10.9. The molecule has 0 fully saturated rings. The number of Topliss-reactive ketones (excluding diaryl/α,β-unsaturated/α-hetero) is 1. The first-order valence-electron chi connectivity index (χ1n) is 5.17. The average molecular weight is 191 g/mol. The molecule has 1 unspecified atom stereocenters. The lowest BCUT2D eigenvalue weighted by atomic mass is 9.99. The molecule has 14 heavy (non-hydrogen) atoms. The summed E-state index contributed by atoms with van der Waals surface area (Å²) in [7, 11) is 0. The molecule has 0 spiro atoms. The van der Waals surface area contributed by atoms with Crippen LogP contribution in [0.1, 0.15) is 43.5 Å². The molecule has 1 atom stereocenters. The number of rotatable bonds is 5. The van der Waals surface area contributed by atoms with Crippen LogP contribution in [-0.2, 0) is 0 Å². The van der Waals surface area contributed by atoms with Crippen LogP contribution in [-0.4, -0.2) is 10.8 Å². The molecule has 0 aliphatic carbocycles. The molecule has 1 rings (SSSR count). The first-order chi connectivity index (χ1) is 6.74. The highest BCUT2D eigenvalue weighted by Crippen LogP contribution is 2.12. The topological polar surface area (TPSA) is 30.0 Å². The van der Waals surface area contributed by atoms with Crippen LogP contribution in [0.5, 0.6) is 0 Å². The summed E-state index contributed by atoms with van der Waals surface area (Å²) in [5.74, 6) is 0.842. The van der Waals surface area contributed by atoms with Gasteiger partial charge in [0.05, 0.1) is 0 Å². The van der Waals surface area contributed by atoms with Gasteiger partial charge in [0.2, 0.25) is 0 Å². The predicted octanol–water partition coefficient (Wildman–Crippen LogP) is 3.09. The molecule has 0 amide bonds. The van der Waals surface area contributed by atoms with E-state index in [2.05, 4.69) is 18.8 Å². The van der Waals surface area contributed by atoms with Gasteiger partial charge in [-0.3, -0.25) is 9.78 Å². The van der Waals surface area contributed by atoms with Gasteiger partial charge in [-0.25, -0.2) is 0 Å². The molecule has 1 aromatic rings. The van der Waals surface area contributed by atoms with Crippen LogP contribution < -0.4 is 0 Å². The normalized spacial score (nSPS) is 12.4. The van der Waals surface area contributed by atoms with E-state index in [1.54, 1.807) is 18.5 Å². The zero-order valence-corrected chi connectivity index (χ0v) is 8.86. The Morgan fingerprint density at radius 3 is 2.93 bits per heavy atom. The summed E-state index contributed by atoms with van der Waals surface area (Å²) in [6, 6.07) is 3.63. The van der Waals surface area contributed by atoms with Crippen molar-refractivity contribution in [2.45, 2.75) is 33.1 Å². The van der Waals surface area contributed by atoms with Crippen molar-refractivity contribution in [2.75, 3.05) is 0 Å². The van der Waals surface area contributed by atoms with Crippen LogP contribution in [0, 0.1) is 5.92 Å². The summed E-state index contributed by atoms with van der Waals surface area (Å²) in [5.41, 5.74) is 0.732. The van der Waals surface area contributed by atoms with Crippen molar-refractivity contribution in [2.24, 2.45) is 5.92 Å². The molecule has 2 heteroatoms. The van der Waals surface area contributed by atoms with E-state index < -0.39 is 0 Å². The summed E-state index contributed by atoms with van der Waals surface area (Å²) in [6.45, 7) is 4.33. The Morgan fingerprint density at radius 2 is 2.36 bits per heavy atom. The van der Waals surface area contributed by atoms with Crippen molar-refractivity contribution >= 4 is 5.78 Å². The van der Waals surface area contributed by atoms with Crippen LogP contribution in [0.2, 0.25) is 0 Å². The highest BCUT2D eigenvalue weighted by atomic mass is 16.1. The monoisotopic (exact) mass is 191 g/mol. The lowest BCUT2D eigenvalue weighted by Gasteiger charge is -2.06. The van der Waals surface area contributed by atoms with Crippen LogP contribution in [0.4, 0.5) is 0 Å². The molecule has 0 saturated carbocycles. The molecule has 0 bridgehead atoms. The highest BCUT2D eigenvalue weighted by molar-refractivity contribution is 5.95. The molecule has 0 saturated heterocycles. The van der Waals surface area contributed by atoms with Crippen molar-refractivity contribution < 1.29 is 4.79 Å². The molecular weight excluding hydrogens is 174 g/mol. The zero-order valence-electron chi connectivity index (χ0n) is 8.86. The number of carbonyl (C=O) groups is 1. The van der Waals surface area contributed by atoms with Crippen molar-refractivity contribution in [3.63, 3.8) is 0 Å². The smallest absolute Gasteiger partial charge is 0.164 e. The van der Waals surface area contributed by atoms with E-state index in [1.807, 2.05) is 6.07 Å². The Morgan fingerprint density at radius 1 is 1.57 bits per heavy atom. The molecular formula is C12H17NO. The van der Waals surface area contributed by atoms with Gasteiger partial charge in [-0.05, 0) is 24.5 Å². The van der Waals surface area contributed by atoms with Gasteiger partial charge in [0.1, 0.15) is 0 Å². The maximum absolute atomic E-state index is 11.6. The molecule has 0 aliphatic heterocycles. The van der Waals surface area contributed by atoms with Crippen LogP contribution in [0.3, 0.4) is 0 Å². The lowest BCUT2D eigenvalue weighted by molar-refractivity contribution is 0.0974. The van der Waals surface area contributed by atoms with Gasteiger partial charge in [-0.1, -0.05) is 20.3 Å². The SMILES string of the molecule is CCC(C)CCC(=O)c1cccnc1. The largest absolute Gasteiger partial charge is 0.294 e. The first-order valence-corrected chi connectivity index (χ1v) is 5.17. The summed E-state index contributed by atoms with van der Waals surface area (Å²) in [5, 5.41) is 0. The van der Waals surface area contributed by atoms with E-state index in [4.69, 9.17) is 0 Å². The van der Waals surface area contributed by atoms with Crippen molar-refractivity contribution in [1.82, 2.24) is 4.98 Å². The van der Waals surface area contributed by atoms with Crippen LogP contribution >= 0.6 is 0 Å². The third-order valence-electron chi connectivity index (χ3n) is 2.54. The zero-order chi connectivity index (χ0) is 10.4. The van der Waals surface area contributed by atoms with Gasteiger partial charge in [0.15, 0.2) is 5.78 Å². The lowest BCUT2D eigenvalue weighted by Crippen LogP contribution is -2.02. The fourth-order valence-electron chi connectivity index (χ4n) is 1.25. The third-order valence-corrected chi connectivity index (χ3v) is 2.54. The highest BCUT2D eigenvalue weighted by Gasteiger charge is 2.07. The average Bonchev–Trinajstić information content (AvgIpc) is 2.26. The Kier molecular flexibility index (Phi) is 4.30. The fraction of sp³-hybridized carbons (Fsp3) is 0.500. The summed E-state index contributed by atoms with van der Waals surface area (Å²) < 4.78 is 0. The Hall–Kier alpha value is -1.18. The quantitative estimate of drug-likeness (QED) is 0.669. The number of carbonyl (C=O) groups excluding carboxylic acids is 1. The van der Waals surface area contributed by atoms with Gasteiger partial charge in [-0.15, -0.1) is 0 Å². The molecule has 0 N–H and O–H groups in total. The van der Waals surface area contributed by atoms with Gasteiger partial charge in [0, 0.05) is 24.4 Å². The molecule has 0 radical (unpaired) electrons. The number of hydrogen-bond donors (Lipinski definition) is 0. The van der Waals surface area contributed by atoms with Gasteiger partial charge < -0.3 is 0 Å². The maximum atomic E-state index is 11.6. The minimum Gasteiger partial charge on any atom is -0.294 e. The predicted molar refractivity (Wildman–Crippen MR) is 57.3 cm³/mol. The van der Waals surface area contributed by atoms with E-state index in [9.17, 15) is 4.79 Å². The Labute approximate surface area is 85.4 Å². The Balaban J connectivity index is 2.44. The van der Waals surface area contributed by atoms with E-state index in [0.717, 1.165) is 18.4 Å². The van der Waals surface area contributed by atoms with E-state index in [0.29, 0.717) is 12.3 Å². The van der Waals surface area contributed by atoms with Gasteiger partial charge in [0.25, 0.3) is 0 Å². The number of hydrogen-bond acceptors (Lipinski definition) is 2. The van der Waals surface area contributed by atoms with Crippen molar-refractivity contribution in [3.8, 4) is 0 Å². The number of aromatic nitrogens is 1. The fourth-order valence-corrected chi connectivity index (χ4v) is 1.25. The van der Waals surface area contributed by atoms with Gasteiger partial charge >= 0.3 is 0 Å². The second-order valence-corrected chi connectivity index (χ2v) is 3.72. The number of nitrogens with zero attached hydrogens (tertiary/aromatic N) is 1. The minimum atomic E-state index is 0.207. The second-order valence-electron chi connectivity index (χ2n) is 3.72. The maximum Gasteiger partial charge on any atom is 0.164 e. The van der Waals surface area contributed by atoms with Crippen LogP contribution in [0.25, 0.3) is 0 Å².